The van der Waals surface area contributed by atoms with Crippen LogP contribution in [-0.4, -0.2) is 51.7 Å². The summed E-state index contributed by atoms with van der Waals surface area (Å²) in [7, 11) is 4.52. The standard InChI is InChI=1S/C34H39F7N4O5/c1-17(2)10-26(45-16-20(8-9-43(5)6)23(14-27(45)46)33(36,37)38)31(49)42-25(15-28(47)48)22-13-21(11-18(3)30(22)35)29-24(34(39,40)41)12-19(4)44(7)32(29)50/h11-14,16-17,25-26H,8-10,15H2,1-7H3,(H,42,49)(H,47,48)/t25-,26-/m0/s1. The first kappa shape index (κ1) is 40.0. The fraction of sp³-hybridized carbons (Fsp3) is 0.471. The largest absolute Gasteiger partial charge is 0.481 e. The van der Waals surface area contributed by atoms with Gasteiger partial charge < -0.3 is 24.5 Å². The van der Waals surface area contributed by atoms with E-state index >= 15 is 4.39 Å². The number of hydrogen-bond acceptors (Lipinski definition) is 5. The maximum absolute atomic E-state index is 15.8. The molecule has 16 heteroatoms. The fourth-order valence-corrected chi connectivity index (χ4v) is 5.64. The van der Waals surface area contributed by atoms with Crippen molar-refractivity contribution in [2.24, 2.45) is 13.0 Å². The average Bonchev–Trinajstić information content (AvgIpc) is 2.97. The monoisotopic (exact) mass is 716 g/mol. The highest BCUT2D eigenvalue weighted by Gasteiger charge is 2.38. The number of hydrogen-bond donors (Lipinski definition) is 2. The number of carbonyl (C=O) groups excluding carboxylic acids is 1. The summed E-state index contributed by atoms with van der Waals surface area (Å²) in [6, 6.07) is -0.246. The number of benzene rings is 1. The highest BCUT2D eigenvalue weighted by molar-refractivity contribution is 5.82. The number of halogens is 7. The van der Waals surface area contributed by atoms with Gasteiger partial charge in [0.2, 0.25) is 5.91 Å². The van der Waals surface area contributed by atoms with Gasteiger partial charge in [0.05, 0.1) is 29.2 Å². The third-order valence-corrected chi connectivity index (χ3v) is 8.25. The average molecular weight is 717 g/mol. The topological polar surface area (TPSA) is 114 Å². The molecular formula is C34H39F7N4O5. The van der Waals surface area contributed by atoms with E-state index in [9.17, 15) is 50.6 Å². The van der Waals surface area contributed by atoms with Crippen molar-refractivity contribution in [2.45, 2.75) is 71.4 Å². The van der Waals surface area contributed by atoms with Crippen LogP contribution in [0.5, 0.6) is 0 Å². The molecule has 50 heavy (non-hydrogen) atoms. The predicted molar refractivity (Wildman–Crippen MR) is 171 cm³/mol. The third kappa shape index (κ3) is 9.20. The minimum atomic E-state index is -5.00. The van der Waals surface area contributed by atoms with Crippen molar-refractivity contribution in [1.82, 2.24) is 19.4 Å². The van der Waals surface area contributed by atoms with E-state index in [-0.39, 0.29) is 47.7 Å². The Labute approximate surface area is 283 Å². The van der Waals surface area contributed by atoms with Crippen LogP contribution < -0.4 is 16.4 Å². The second kappa shape index (κ2) is 15.2. The first-order valence-electron chi connectivity index (χ1n) is 15.5. The summed E-state index contributed by atoms with van der Waals surface area (Å²) < 4.78 is 102. The van der Waals surface area contributed by atoms with Crippen LogP contribution in [0.3, 0.4) is 0 Å². The van der Waals surface area contributed by atoms with Gasteiger partial charge in [-0.1, -0.05) is 13.8 Å². The zero-order valence-electron chi connectivity index (χ0n) is 28.5. The van der Waals surface area contributed by atoms with Crippen molar-refractivity contribution in [3.63, 3.8) is 0 Å². The van der Waals surface area contributed by atoms with Gasteiger partial charge in [-0.05, 0) is 81.6 Å². The Morgan fingerprint density at radius 3 is 2.08 bits per heavy atom. The lowest BCUT2D eigenvalue weighted by molar-refractivity contribution is -0.139. The van der Waals surface area contributed by atoms with Gasteiger partial charge in [0.1, 0.15) is 11.9 Å². The van der Waals surface area contributed by atoms with Gasteiger partial charge in [0.25, 0.3) is 11.1 Å². The maximum Gasteiger partial charge on any atom is 0.417 e. The Balaban J connectivity index is 2.23. The molecule has 0 aliphatic rings. The molecule has 0 saturated carbocycles. The summed E-state index contributed by atoms with van der Waals surface area (Å²) >= 11 is 0. The van der Waals surface area contributed by atoms with Crippen molar-refractivity contribution in [3.05, 3.63) is 90.5 Å². The lowest BCUT2D eigenvalue weighted by Gasteiger charge is -2.27. The van der Waals surface area contributed by atoms with Crippen LogP contribution in [0, 0.1) is 25.6 Å². The molecular weight excluding hydrogens is 677 g/mol. The predicted octanol–water partition coefficient (Wildman–Crippen LogP) is 6.03. The zero-order chi connectivity index (χ0) is 38.0. The van der Waals surface area contributed by atoms with Gasteiger partial charge >= 0.3 is 18.3 Å². The van der Waals surface area contributed by atoms with Gasteiger partial charge in [-0.15, -0.1) is 0 Å². The van der Waals surface area contributed by atoms with E-state index in [1.165, 1.54) is 20.9 Å². The Morgan fingerprint density at radius 2 is 1.56 bits per heavy atom. The van der Waals surface area contributed by atoms with Gasteiger partial charge in [-0.25, -0.2) is 4.39 Å². The number of aromatic nitrogens is 2. The Morgan fingerprint density at radius 1 is 0.960 bits per heavy atom. The van der Waals surface area contributed by atoms with Crippen molar-refractivity contribution < 1.29 is 45.4 Å². The minimum Gasteiger partial charge on any atom is -0.481 e. The number of alkyl halides is 6. The van der Waals surface area contributed by atoms with Crippen LogP contribution in [0.2, 0.25) is 0 Å². The number of carboxylic acids is 1. The lowest BCUT2D eigenvalue weighted by Crippen LogP contribution is -2.41. The molecule has 3 aromatic rings. The highest BCUT2D eigenvalue weighted by Crippen LogP contribution is 2.38. The number of carbonyl (C=O) groups is 2. The van der Waals surface area contributed by atoms with Crippen molar-refractivity contribution in [3.8, 4) is 11.1 Å². The van der Waals surface area contributed by atoms with Crippen LogP contribution in [-0.2, 0) is 35.4 Å². The fourth-order valence-electron chi connectivity index (χ4n) is 5.64. The first-order chi connectivity index (χ1) is 22.9. The van der Waals surface area contributed by atoms with Crippen molar-refractivity contribution in [1.29, 1.82) is 0 Å². The summed E-state index contributed by atoms with van der Waals surface area (Å²) in [6.45, 7) is 5.99. The number of nitrogens with one attached hydrogen (secondary N) is 1. The Hall–Kier alpha value is -4.47. The molecule has 0 fully saturated rings. The molecule has 2 atom stereocenters. The lowest BCUT2D eigenvalue weighted by atomic mass is 9.92. The van der Waals surface area contributed by atoms with Gasteiger partial charge in [0, 0.05) is 37.1 Å². The molecule has 0 aliphatic carbocycles. The normalized spacial score (nSPS) is 13.5. The molecule has 0 unspecified atom stereocenters. The molecule has 3 rings (SSSR count). The van der Waals surface area contributed by atoms with Crippen LogP contribution in [0.25, 0.3) is 11.1 Å². The van der Waals surface area contributed by atoms with Crippen molar-refractivity contribution >= 4 is 11.9 Å². The molecule has 2 N–H and O–H groups in total. The van der Waals surface area contributed by atoms with Gasteiger partial charge in [0.15, 0.2) is 0 Å². The number of nitrogens with zero attached hydrogens (tertiary/aromatic N) is 3. The molecule has 0 bridgehead atoms. The van der Waals surface area contributed by atoms with E-state index in [4.69, 9.17) is 0 Å². The molecule has 9 nitrogen and oxygen atoms in total. The molecule has 1 aromatic carbocycles. The van der Waals surface area contributed by atoms with Crippen LogP contribution in [0.4, 0.5) is 30.7 Å². The maximum atomic E-state index is 15.8. The second-order valence-electron chi connectivity index (χ2n) is 12.9. The number of amides is 1. The number of carboxylic acid groups (broad SMARTS) is 1. The van der Waals surface area contributed by atoms with Gasteiger partial charge in [-0.2, -0.15) is 26.3 Å². The van der Waals surface area contributed by atoms with Gasteiger partial charge in [-0.3, -0.25) is 19.2 Å². The number of aliphatic carboxylic acids is 1. The van der Waals surface area contributed by atoms with E-state index in [2.05, 4.69) is 5.32 Å². The molecule has 2 aromatic heterocycles. The quantitative estimate of drug-likeness (QED) is 0.222. The first-order valence-corrected chi connectivity index (χ1v) is 15.5. The van der Waals surface area contributed by atoms with E-state index in [0.717, 1.165) is 33.5 Å². The zero-order valence-corrected chi connectivity index (χ0v) is 28.5. The summed E-state index contributed by atoms with van der Waals surface area (Å²) in [6.07, 6.45) is -10.2. The summed E-state index contributed by atoms with van der Waals surface area (Å²) in [4.78, 5) is 53.8. The summed E-state index contributed by atoms with van der Waals surface area (Å²) in [5.74, 6) is -3.99. The van der Waals surface area contributed by atoms with E-state index in [1.54, 1.807) is 32.8 Å². The summed E-state index contributed by atoms with van der Waals surface area (Å²) in [5, 5.41) is 12.1. The molecule has 274 valence electrons. The van der Waals surface area contributed by atoms with E-state index in [0.29, 0.717) is 6.07 Å². The number of rotatable bonds is 12. The molecule has 0 saturated heterocycles. The summed E-state index contributed by atoms with van der Waals surface area (Å²) in [5.41, 5.74) is -7.03. The molecule has 1 amide bonds. The molecule has 0 radical (unpaired) electrons. The smallest absolute Gasteiger partial charge is 0.417 e. The van der Waals surface area contributed by atoms with E-state index < -0.39 is 81.9 Å². The van der Waals surface area contributed by atoms with Crippen LogP contribution in [0.15, 0.2) is 40.1 Å². The molecule has 0 aliphatic heterocycles. The molecule has 0 spiro atoms. The number of aryl methyl sites for hydroxylation is 2. The Kier molecular flexibility index (Phi) is 12.1. The Bertz CT molecular complexity index is 1880. The highest BCUT2D eigenvalue weighted by atomic mass is 19.4. The minimum absolute atomic E-state index is 0.0132. The van der Waals surface area contributed by atoms with Crippen LogP contribution >= 0.6 is 0 Å². The van der Waals surface area contributed by atoms with E-state index in [1.807, 2.05) is 0 Å². The van der Waals surface area contributed by atoms with Crippen molar-refractivity contribution in [2.75, 3.05) is 20.6 Å². The number of pyridine rings is 2. The molecule has 2 heterocycles. The SMILES string of the molecule is Cc1cc(-c2c(C(F)(F)F)cc(C)n(C)c2=O)cc([C@H](CC(=O)O)NC(=O)[C@H](CC(C)C)n2cc(CCN(C)C)c(C(F)(F)F)cc2=O)c1F. The van der Waals surface area contributed by atoms with Crippen LogP contribution in [0.1, 0.15) is 72.3 Å². The number of likely N-dealkylation sites (N-methyl/N-ethyl adjacent to an activating group) is 1. The second-order valence-corrected chi connectivity index (χ2v) is 12.9. The third-order valence-electron chi connectivity index (χ3n) is 8.25.